The van der Waals surface area contributed by atoms with Gasteiger partial charge in [0, 0.05) is 10.0 Å². The number of carboxylic acids is 1. The second-order valence-corrected chi connectivity index (χ2v) is 8.12. The topological polar surface area (TPSA) is 117 Å². The summed E-state index contributed by atoms with van der Waals surface area (Å²) in [5.74, 6) is -5.00. The maximum atomic E-state index is 13.8. The van der Waals surface area contributed by atoms with Gasteiger partial charge in [0.15, 0.2) is 5.17 Å². The largest absolute Gasteiger partial charge is 0.481 e. The van der Waals surface area contributed by atoms with Gasteiger partial charge in [0.25, 0.3) is 0 Å². The van der Waals surface area contributed by atoms with Crippen molar-refractivity contribution in [1.29, 1.82) is 0 Å². The van der Waals surface area contributed by atoms with E-state index in [9.17, 15) is 23.2 Å². The lowest BCUT2D eigenvalue weighted by Crippen LogP contribution is -2.26. The van der Waals surface area contributed by atoms with Crippen molar-refractivity contribution in [1.82, 2.24) is 5.32 Å². The molecular formula is C19H12BrF2N3O5S. The number of thioether (sulfide) groups is 1. The molecule has 2 N–H and O–H groups in total. The van der Waals surface area contributed by atoms with Crippen molar-refractivity contribution in [2.45, 2.75) is 11.7 Å². The SMILES string of the molecule is O=C(O)CC1SC(=NN=Cc2cc(Br)ccc2OC(=O)c2c(F)cccc2F)NC1=O. The Kier molecular flexibility index (Phi) is 7.13. The van der Waals surface area contributed by atoms with Crippen LogP contribution < -0.4 is 10.1 Å². The van der Waals surface area contributed by atoms with Crippen molar-refractivity contribution < 1.29 is 33.0 Å². The number of carboxylic acid groups (broad SMARTS) is 1. The third-order valence-electron chi connectivity index (χ3n) is 3.82. The molecule has 8 nitrogen and oxygen atoms in total. The minimum atomic E-state index is -1.23. The molecule has 1 fully saturated rings. The van der Waals surface area contributed by atoms with Gasteiger partial charge in [-0.2, -0.15) is 5.10 Å². The lowest BCUT2D eigenvalue weighted by atomic mass is 10.2. The molecule has 1 saturated heterocycles. The van der Waals surface area contributed by atoms with Crippen LogP contribution in [0.25, 0.3) is 0 Å². The highest BCUT2D eigenvalue weighted by atomic mass is 79.9. The van der Waals surface area contributed by atoms with Gasteiger partial charge in [0.1, 0.15) is 28.2 Å². The number of amides is 1. The molecule has 1 unspecified atom stereocenters. The first-order valence-electron chi connectivity index (χ1n) is 8.50. The van der Waals surface area contributed by atoms with Gasteiger partial charge in [0.2, 0.25) is 5.91 Å². The number of benzene rings is 2. The van der Waals surface area contributed by atoms with E-state index < -0.39 is 40.3 Å². The van der Waals surface area contributed by atoms with Crippen molar-refractivity contribution in [3.63, 3.8) is 0 Å². The molecule has 1 aliphatic rings. The quantitative estimate of drug-likeness (QED) is 0.266. The van der Waals surface area contributed by atoms with Gasteiger partial charge in [-0.1, -0.05) is 33.8 Å². The Hall–Kier alpha value is -3.12. The average molecular weight is 512 g/mol. The van der Waals surface area contributed by atoms with E-state index in [-0.39, 0.29) is 22.9 Å². The van der Waals surface area contributed by atoms with Crippen molar-refractivity contribution in [2.24, 2.45) is 10.2 Å². The van der Waals surface area contributed by atoms with Crippen molar-refractivity contribution in [2.75, 3.05) is 0 Å². The fraction of sp³-hybridized carbons (Fsp3) is 0.105. The molecular weight excluding hydrogens is 500 g/mol. The second-order valence-electron chi connectivity index (χ2n) is 6.01. The second kappa shape index (κ2) is 9.79. The highest BCUT2D eigenvalue weighted by Crippen LogP contribution is 2.25. The molecule has 1 aliphatic heterocycles. The van der Waals surface area contributed by atoms with E-state index in [1.165, 1.54) is 18.3 Å². The molecule has 3 rings (SSSR count). The summed E-state index contributed by atoms with van der Waals surface area (Å²) in [7, 11) is 0. The maximum Gasteiger partial charge on any atom is 0.349 e. The van der Waals surface area contributed by atoms with Gasteiger partial charge in [-0.3, -0.25) is 9.59 Å². The van der Waals surface area contributed by atoms with E-state index in [1.54, 1.807) is 6.07 Å². The van der Waals surface area contributed by atoms with Gasteiger partial charge in [-0.05, 0) is 30.3 Å². The monoisotopic (exact) mass is 511 g/mol. The fourth-order valence-electron chi connectivity index (χ4n) is 2.45. The van der Waals surface area contributed by atoms with Gasteiger partial charge >= 0.3 is 11.9 Å². The third kappa shape index (κ3) is 5.73. The van der Waals surface area contributed by atoms with Crippen LogP contribution in [-0.2, 0) is 9.59 Å². The first kappa shape index (κ1) is 22.6. The van der Waals surface area contributed by atoms with E-state index in [0.29, 0.717) is 4.47 Å². The zero-order valence-electron chi connectivity index (χ0n) is 15.3. The van der Waals surface area contributed by atoms with E-state index in [0.717, 1.165) is 30.0 Å². The number of nitrogens with one attached hydrogen (secondary N) is 1. The molecule has 2 aromatic carbocycles. The molecule has 0 bridgehead atoms. The molecule has 0 radical (unpaired) electrons. The van der Waals surface area contributed by atoms with Crippen molar-refractivity contribution in [3.05, 3.63) is 63.6 Å². The molecule has 0 aromatic heterocycles. The Balaban J connectivity index is 1.78. The normalized spacial score (nSPS) is 17.2. The van der Waals surface area contributed by atoms with Crippen LogP contribution in [0.3, 0.4) is 0 Å². The summed E-state index contributed by atoms with van der Waals surface area (Å²) in [5, 5.41) is 18.1. The Morgan fingerprint density at radius 3 is 2.65 bits per heavy atom. The predicted molar refractivity (Wildman–Crippen MR) is 112 cm³/mol. The number of nitrogens with zero attached hydrogens (tertiary/aromatic N) is 2. The number of esters is 1. The Morgan fingerprint density at radius 2 is 1.97 bits per heavy atom. The van der Waals surface area contributed by atoms with Crippen LogP contribution in [0.1, 0.15) is 22.3 Å². The predicted octanol–water partition coefficient (Wildman–Crippen LogP) is 3.34. The summed E-state index contributed by atoms with van der Waals surface area (Å²) in [4.78, 5) is 34.7. The van der Waals surface area contributed by atoms with E-state index in [4.69, 9.17) is 9.84 Å². The average Bonchev–Trinajstić information content (AvgIpc) is 3.02. The van der Waals surface area contributed by atoms with Crippen LogP contribution in [0.5, 0.6) is 5.75 Å². The summed E-state index contributed by atoms with van der Waals surface area (Å²) in [6.45, 7) is 0. The zero-order chi connectivity index (χ0) is 22.5. The van der Waals surface area contributed by atoms with E-state index in [1.807, 2.05) is 0 Å². The molecule has 0 aliphatic carbocycles. The lowest BCUT2D eigenvalue weighted by molar-refractivity contribution is -0.138. The van der Waals surface area contributed by atoms with E-state index >= 15 is 0 Å². The lowest BCUT2D eigenvalue weighted by Gasteiger charge is -2.09. The first-order chi connectivity index (χ1) is 14.7. The Morgan fingerprint density at radius 1 is 1.26 bits per heavy atom. The maximum absolute atomic E-state index is 13.8. The van der Waals surface area contributed by atoms with Crippen LogP contribution >= 0.6 is 27.7 Å². The van der Waals surface area contributed by atoms with Crippen LogP contribution in [0, 0.1) is 11.6 Å². The molecule has 160 valence electrons. The molecule has 0 spiro atoms. The number of halogens is 3. The number of amidine groups is 1. The molecule has 1 amide bonds. The molecule has 1 atom stereocenters. The number of hydrogen-bond donors (Lipinski definition) is 2. The van der Waals surface area contributed by atoms with Gasteiger partial charge in [0.05, 0.1) is 12.6 Å². The highest BCUT2D eigenvalue weighted by Gasteiger charge is 2.32. The number of rotatable bonds is 6. The van der Waals surface area contributed by atoms with Crippen LogP contribution in [0.2, 0.25) is 0 Å². The number of carbonyl (C=O) groups is 3. The van der Waals surface area contributed by atoms with Gasteiger partial charge < -0.3 is 15.2 Å². The fourth-order valence-corrected chi connectivity index (χ4v) is 3.74. The smallest absolute Gasteiger partial charge is 0.349 e. The van der Waals surface area contributed by atoms with Gasteiger partial charge in [-0.15, -0.1) is 5.10 Å². The Labute approximate surface area is 186 Å². The standard InChI is InChI=1S/C19H12BrF2N3O5S/c20-10-4-5-13(30-18(29)16-11(21)2-1-3-12(16)22)9(6-10)8-23-25-19-24-17(28)14(31-19)7-15(26)27/h1-6,8,14H,7H2,(H,26,27)(H,24,25,28). The first-order valence-corrected chi connectivity index (χ1v) is 10.2. The highest BCUT2D eigenvalue weighted by molar-refractivity contribution is 9.10. The third-order valence-corrected chi connectivity index (χ3v) is 5.39. The summed E-state index contributed by atoms with van der Waals surface area (Å²) in [6.07, 6.45) is 0.840. The summed E-state index contributed by atoms with van der Waals surface area (Å²) < 4.78 is 33.4. The van der Waals surface area contributed by atoms with Crippen LogP contribution in [0.4, 0.5) is 8.78 Å². The minimum Gasteiger partial charge on any atom is -0.481 e. The zero-order valence-corrected chi connectivity index (χ0v) is 17.7. The minimum absolute atomic E-state index is 0.0355. The van der Waals surface area contributed by atoms with Crippen molar-refractivity contribution >= 4 is 56.9 Å². The summed E-state index contributed by atoms with van der Waals surface area (Å²) in [5.41, 5.74) is -0.580. The summed E-state index contributed by atoms with van der Waals surface area (Å²) >= 11 is 4.17. The van der Waals surface area contributed by atoms with Crippen molar-refractivity contribution in [3.8, 4) is 5.75 Å². The molecule has 1 heterocycles. The summed E-state index contributed by atoms with van der Waals surface area (Å²) in [6, 6.07) is 7.46. The number of aliphatic carboxylic acids is 1. The molecule has 12 heteroatoms. The van der Waals surface area contributed by atoms with Crippen LogP contribution in [0.15, 0.2) is 51.1 Å². The molecule has 31 heavy (non-hydrogen) atoms. The Bertz CT molecular complexity index is 1110. The number of carbonyl (C=O) groups excluding carboxylic acids is 2. The van der Waals surface area contributed by atoms with Crippen LogP contribution in [-0.4, -0.2) is 39.6 Å². The molecule has 0 saturated carbocycles. The van der Waals surface area contributed by atoms with E-state index in [2.05, 4.69) is 31.4 Å². The number of hydrogen-bond acceptors (Lipinski definition) is 7. The number of ether oxygens (including phenoxy) is 1. The molecule has 2 aromatic rings. The van der Waals surface area contributed by atoms with Gasteiger partial charge in [-0.25, -0.2) is 13.6 Å².